The van der Waals surface area contributed by atoms with Gasteiger partial charge in [-0.15, -0.1) is 0 Å². The molecule has 2 nitrogen and oxygen atoms in total. The molecule has 0 aliphatic carbocycles. The van der Waals surface area contributed by atoms with Gasteiger partial charge in [0.1, 0.15) is 5.82 Å². The summed E-state index contributed by atoms with van der Waals surface area (Å²) in [6.45, 7) is 5.32. The largest absolute Gasteiger partial charge is 0.388 e. The number of halogens is 1. The van der Waals surface area contributed by atoms with E-state index in [0.717, 1.165) is 25.6 Å². The smallest absolute Gasteiger partial charge is 0.128 e. The van der Waals surface area contributed by atoms with Crippen molar-refractivity contribution in [1.29, 1.82) is 0 Å². The highest BCUT2D eigenvalue weighted by atomic mass is 19.1. The summed E-state index contributed by atoms with van der Waals surface area (Å²) in [5.74, 6) is 0.494. The number of rotatable bonds is 5. The average Bonchev–Trinajstić information content (AvgIpc) is 2.84. The molecule has 1 aromatic carbocycles. The van der Waals surface area contributed by atoms with Crippen LogP contribution in [-0.4, -0.2) is 29.6 Å². The van der Waals surface area contributed by atoms with Gasteiger partial charge in [0.25, 0.3) is 0 Å². The van der Waals surface area contributed by atoms with Crippen LogP contribution in [0.2, 0.25) is 0 Å². The minimum Gasteiger partial charge on any atom is -0.388 e. The highest BCUT2D eigenvalue weighted by Gasteiger charge is 2.21. The summed E-state index contributed by atoms with van der Waals surface area (Å²) < 4.78 is 13.5. The molecule has 0 bridgehead atoms. The Morgan fingerprint density at radius 3 is 2.89 bits per heavy atom. The summed E-state index contributed by atoms with van der Waals surface area (Å²) in [6, 6.07) is 6.49. The summed E-state index contributed by atoms with van der Waals surface area (Å²) in [7, 11) is 0. The van der Waals surface area contributed by atoms with Crippen molar-refractivity contribution in [2.24, 2.45) is 5.92 Å². The Balaban J connectivity index is 1.82. The van der Waals surface area contributed by atoms with E-state index in [9.17, 15) is 9.50 Å². The van der Waals surface area contributed by atoms with E-state index in [1.165, 1.54) is 18.9 Å². The van der Waals surface area contributed by atoms with Crippen LogP contribution in [0.25, 0.3) is 0 Å². The van der Waals surface area contributed by atoms with Gasteiger partial charge in [0.2, 0.25) is 0 Å². The molecule has 100 valence electrons. The van der Waals surface area contributed by atoms with Gasteiger partial charge in [-0.1, -0.05) is 31.5 Å². The number of nitrogens with zero attached hydrogens (tertiary/aromatic N) is 1. The van der Waals surface area contributed by atoms with Crippen LogP contribution in [0.15, 0.2) is 24.3 Å². The number of likely N-dealkylation sites (tertiary alicyclic amines) is 1. The van der Waals surface area contributed by atoms with Crippen molar-refractivity contribution in [2.75, 3.05) is 19.6 Å². The van der Waals surface area contributed by atoms with Crippen molar-refractivity contribution < 1.29 is 9.50 Å². The lowest BCUT2D eigenvalue weighted by molar-refractivity contribution is 0.144. The van der Waals surface area contributed by atoms with Gasteiger partial charge in [0.15, 0.2) is 0 Å². The second-order valence-electron chi connectivity index (χ2n) is 5.19. The lowest BCUT2D eigenvalue weighted by atomic mass is 10.1. The second kappa shape index (κ2) is 6.30. The van der Waals surface area contributed by atoms with E-state index < -0.39 is 6.10 Å². The van der Waals surface area contributed by atoms with Crippen molar-refractivity contribution in [1.82, 2.24) is 4.90 Å². The molecule has 2 unspecified atom stereocenters. The maximum absolute atomic E-state index is 13.5. The molecule has 0 spiro atoms. The average molecular weight is 251 g/mol. The summed E-state index contributed by atoms with van der Waals surface area (Å²) in [4.78, 5) is 2.37. The molecule has 18 heavy (non-hydrogen) atoms. The maximum atomic E-state index is 13.5. The van der Waals surface area contributed by atoms with Crippen LogP contribution in [0.3, 0.4) is 0 Å². The minimum absolute atomic E-state index is 0.308. The molecule has 1 fully saturated rings. The van der Waals surface area contributed by atoms with Gasteiger partial charge in [0.05, 0.1) is 6.10 Å². The van der Waals surface area contributed by atoms with Gasteiger partial charge in [-0.05, 0) is 31.4 Å². The standard InChI is InChI=1S/C15H22FNO/c1-2-12-7-9-17(11-12)10-8-15(18)13-5-3-4-6-14(13)16/h3-6,12,15,18H,2,7-11H2,1H3. The lowest BCUT2D eigenvalue weighted by Crippen LogP contribution is -2.23. The Bertz CT molecular complexity index is 383. The molecule has 1 aromatic rings. The Morgan fingerprint density at radius 2 is 2.22 bits per heavy atom. The first-order valence-corrected chi connectivity index (χ1v) is 6.85. The van der Waals surface area contributed by atoms with Crippen LogP contribution in [0.4, 0.5) is 4.39 Å². The Labute approximate surface area is 108 Å². The highest BCUT2D eigenvalue weighted by molar-refractivity contribution is 5.19. The number of aliphatic hydroxyl groups is 1. The molecule has 2 atom stereocenters. The van der Waals surface area contributed by atoms with Gasteiger partial charge < -0.3 is 10.0 Å². The second-order valence-corrected chi connectivity index (χ2v) is 5.19. The Hall–Kier alpha value is -0.930. The first-order valence-electron chi connectivity index (χ1n) is 6.85. The molecular weight excluding hydrogens is 229 g/mol. The van der Waals surface area contributed by atoms with Crippen LogP contribution >= 0.6 is 0 Å². The van der Waals surface area contributed by atoms with Crippen LogP contribution in [0.1, 0.15) is 37.9 Å². The fraction of sp³-hybridized carbons (Fsp3) is 0.600. The van der Waals surface area contributed by atoms with E-state index >= 15 is 0 Å². The van der Waals surface area contributed by atoms with Crippen molar-refractivity contribution >= 4 is 0 Å². The van der Waals surface area contributed by atoms with Crippen LogP contribution in [0, 0.1) is 11.7 Å². The van der Waals surface area contributed by atoms with E-state index in [1.54, 1.807) is 18.2 Å². The normalized spacial score (nSPS) is 22.3. The first-order chi connectivity index (χ1) is 8.70. The third-order valence-corrected chi connectivity index (χ3v) is 3.93. The molecule has 2 rings (SSSR count). The number of aliphatic hydroxyl groups excluding tert-OH is 1. The maximum Gasteiger partial charge on any atom is 0.128 e. The van der Waals surface area contributed by atoms with E-state index in [1.807, 2.05) is 0 Å². The molecule has 0 radical (unpaired) electrons. The van der Waals surface area contributed by atoms with Gasteiger partial charge in [0, 0.05) is 18.7 Å². The third kappa shape index (κ3) is 3.30. The molecular formula is C15H22FNO. The molecule has 1 N–H and O–H groups in total. The lowest BCUT2D eigenvalue weighted by Gasteiger charge is -2.18. The van der Waals surface area contributed by atoms with Gasteiger partial charge >= 0.3 is 0 Å². The van der Waals surface area contributed by atoms with E-state index in [2.05, 4.69) is 11.8 Å². The Kier molecular flexibility index (Phi) is 4.72. The zero-order valence-electron chi connectivity index (χ0n) is 11.0. The number of hydrogen-bond acceptors (Lipinski definition) is 2. The predicted molar refractivity (Wildman–Crippen MR) is 70.8 cm³/mol. The van der Waals surface area contributed by atoms with Gasteiger partial charge in [-0.25, -0.2) is 4.39 Å². The molecule has 1 aliphatic heterocycles. The van der Waals surface area contributed by atoms with Gasteiger partial charge in [-0.3, -0.25) is 0 Å². The number of benzene rings is 1. The third-order valence-electron chi connectivity index (χ3n) is 3.93. The highest BCUT2D eigenvalue weighted by Crippen LogP contribution is 2.23. The van der Waals surface area contributed by atoms with E-state index in [4.69, 9.17) is 0 Å². The predicted octanol–water partition coefficient (Wildman–Crippen LogP) is 2.98. The van der Waals surface area contributed by atoms with Crippen molar-refractivity contribution in [2.45, 2.75) is 32.3 Å². The molecule has 0 amide bonds. The van der Waals surface area contributed by atoms with Crippen molar-refractivity contribution in [3.05, 3.63) is 35.6 Å². The molecule has 1 saturated heterocycles. The zero-order valence-corrected chi connectivity index (χ0v) is 11.0. The van der Waals surface area contributed by atoms with E-state index in [-0.39, 0.29) is 5.82 Å². The van der Waals surface area contributed by atoms with Crippen LogP contribution < -0.4 is 0 Å². The van der Waals surface area contributed by atoms with Crippen molar-refractivity contribution in [3.63, 3.8) is 0 Å². The fourth-order valence-corrected chi connectivity index (χ4v) is 2.65. The monoisotopic (exact) mass is 251 g/mol. The fourth-order valence-electron chi connectivity index (χ4n) is 2.65. The molecule has 0 aromatic heterocycles. The zero-order chi connectivity index (χ0) is 13.0. The summed E-state index contributed by atoms with van der Waals surface area (Å²) in [6.07, 6.45) is 2.41. The van der Waals surface area contributed by atoms with Crippen molar-refractivity contribution in [3.8, 4) is 0 Å². The van der Waals surface area contributed by atoms with Crippen LogP contribution in [-0.2, 0) is 0 Å². The molecule has 1 heterocycles. The van der Waals surface area contributed by atoms with Crippen LogP contribution in [0.5, 0.6) is 0 Å². The van der Waals surface area contributed by atoms with Gasteiger partial charge in [-0.2, -0.15) is 0 Å². The Morgan fingerprint density at radius 1 is 1.44 bits per heavy atom. The summed E-state index contributed by atoms with van der Waals surface area (Å²) in [5.41, 5.74) is 0.420. The summed E-state index contributed by atoms with van der Waals surface area (Å²) in [5, 5.41) is 10.0. The topological polar surface area (TPSA) is 23.5 Å². The summed E-state index contributed by atoms with van der Waals surface area (Å²) >= 11 is 0. The SMILES string of the molecule is CCC1CCN(CCC(O)c2ccccc2F)C1. The molecule has 1 aliphatic rings. The molecule has 3 heteroatoms. The minimum atomic E-state index is -0.688. The first kappa shape index (κ1) is 13.5. The number of hydrogen-bond donors (Lipinski definition) is 1. The molecule has 0 saturated carbocycles. The quantitative estimate of drug-likeness (QED) is 0.869. The van der Waals surface area contributed by atoms with E-state index in [0.29, 0.717) is 12.0 Å².